The van der Waals surface area contributed by atoms with Crippen molar-refractivity contribution in [2.45, 2.75) is 64.1 Å². The van der Waals surface area contributed by atoms with E-state index in [0.29, 0.717) is 12.5 Å². The monoisotopic (exact) mass is 399 g/mol. The van der Waals surface area contributed by atoms with Crippen molar-refractivity contribution in [3.63, 3.8) is 0 Å². The third-order valence-electron chi connectivity index (χ3n) is 6.55. The van der Waals surface area contributed by atoms with Crippen molar-refractivity contribution in [2.75, 3.05) is 26.2 Å². The first kappa shape index (κ1) is 20.2. The first-order valence-corrected chi connectivity index (χ1v) is 11.1. The van der Waals surface area contributed by atoms with Crippen LogP contribution < -0.4 is 10.1 Å². The van der Waals surface area contributed by atoms with Gasteiger partial charge < -0.3 is 19.9 Å². The summed E-state index contributed by atoms with van der Waals surface area (Å²) in [7, 11) is 0. The molecule has 158 valence electrons. The third-order valence-corrected chi connectivity index (χ3v) is 6.55. The molecule has 3 aliphatic rings. The second-order valence-electron chi connectivity index (χ2n) is 8.95. The molecule has 2 amide bonds. The van der Waals surface area contributed by atoms with Crippen molar-refractivity contribution in [1.82, 2.24) is 15.1 Å². The normalized spacial score (nSPS) is 23.7. The van der Waals surface area contributed by atoms with Crippen LogP contribution in [0.3, 0.4) is 0 Å². The number of carbonyl (C=O) groups excluding carboxylic acids is 2. The van der Waals surface area contributed by atoms with Gasteiger partial charge in [0.05, 0.1) is 0 Å². The Hall–Kier alpha value is -2.08. The fraction of sp³-hybridized carbons (Fsp3) is 0.652. The van der Waals surface area contributed by atoms with Crippen LogP contribution >= 0.6 is 0 Å². The van der Waals surface area contributed by atoms with Gasteiger partial charge in [-0.2, -0.15) is 0 Å². The molecule has 0 spiro atoms. The van der Waals surface area contributed by atoms with Crippen molar-refractivity contribution in [3.8, 4) is 5.75 Å². The van der Waals surface area contributed by atoms with Gasteiger partial charge in [0.25, 0.3) is 5.91 Å². The van der Waals surface area contributed by atoms with Gasteiger partial charge in [0, 0.05) is 37.5 Å². The van der Waals surface area contributed by atoms with E-state index in [9.17, 15) is 9.59 Å². The van der Waals surface area contributed by atoms with Crippen molar-refractivity contribution in [1.29, 1.82) is 0 Å². The molecule has 1 N–H and O–H groups in total. The van der Waals surface area contributed by atoms with E-state index in [4.69, 9.17) is 4.74 Å². The van der Waals surface area contributed by atoms with E-state index >= 15 is 0 Å². The lowest BCUT2D eigenvalue weighted by Gasteiger charge is -2.42. The summed E-state index contributed by atoms with van der Waals surface area (Å²) in [5.41, 5.74) is 1.13. The Labute approximate surface area is 173 Å². The summed E-state index contributed by atoms with van der Waals surface area (Å²) < 4.78 is 5.89. The lowest BCUT2D eigenvalue weighted by Crippen LogP contribution is -2.52. The molecule has 3 heterocycles. The molecule has 6 heteroatoms. The first-order chi connectivity index (χ1) is 14.0. The zero-order chi connectivity index (χ0) is 20.4. The molecule has 1 aromatic carbocycles. The number of hydrogen-bond acceptors (Lipinski definition) is 4. The summed E-state index contributed by atoms with van der Waals surface area (Å²) in [5, 5.41) is 3.04. The predicted octanol–water partition coefficient (Wildman–Crippen LogP) is 2.22. The van der Waals surface area contributed by atoms with Gasteiger partial charge in [0.15, 0.2) is 6.10 Å². The summed E-state index contributed by atoms with van der Waals surface area (Å²) in [6.45, 7) is 7.58. The number of fused-ring (bicyclic) bond motifs is 1. The topological polar surface area (TPSA) is 61.9 Å². The number of para-hydroxylation sites is 1. The Kier molecular flexibility index (Phi) is 6.09. The van der Waals surface area contributed by atoms with Gasteiger partial charge in [-0.25, -0.2) is 0 Å². The summed E-state index contributed by atoms with van der Waals surface area (Å²) in [6, 6.07) is 8.66. The van der Waals surface area contributed by atoms with Gasteiger partial charge in [0.2, 0.25) is 5.91 Å². The molecule has 29 heavy (non-hydrogen) atoms. The number of nitrogens with zero attached hydrogens (tertiary/aromatic N) is 2. The molecule has 1 atom stereocenters. The Morgan fingerprint density at radius 1 is 1.03 bits per heavy atom. The van der Waals surface area contributed by atoms with E-state index in [1.165, 1.54) is 0 Å². The summed E-state index contributed by atoms with van der Waals surface area (Å²) in [4.78, 5) is 29.6. The molecule has 0 aromatic heterocycles. The largest absolute Gasteiger partial charge is 0.480 e. The highest BCUT2D eigenvalue weighted by atomic mass is 16.5. The number of ether oxygens (including phenoxy) is 1. The number of benzene rings is 1. The molecule has 0 radical (unpaired) electrons. The highest BCUT2D eigenvalue weighted by molar-refractivity contribution is 5.82. The van der Waals surface area contributed by atoms with E-state index in [1.807, 2.05) is 43.0 Å². The molecule has 0 saturated carbocycles. The fourth-order valence-electron chi connectivity index (χ4n) is 4.90. The van der Waals surface area contributed by atoms with Gasteiger partial charge in [0.1, 0.15) is 5.75 Å². The molecular formula is C23H33N3O3. The SMILES string of the molecule is CC(C)NC(=O)C1CCN(C2CCN(C(=O)C3Cc4ccccc4O3)CC2)CC1. The second-order valence-corrected chi connectivity index (χ2v) is 8.95. The minimum absolute atomic E-state index is 0.128. The van der Waals surface area contributed by atoms with Gasteiger partial charge >= 0.3 is 0 Å². The van der Waals surface area contributed by atoms with Crippen LogP contribution in [-0.4, -0.2) is 66.0 Å². The lowest BCUT2D eigenvalue weighted by molar-refractivity contribution is -0.139. The Morgan fingerprint density at radius 3 is 2.38 bits per heavy atom. The summed E-state index contributed by atoms with van der Waals surface area (Å²) in [6.07, 6.45) is 4.21. The van der Waals surface area contributed by atoms with Crippen molar-refractivity contribution < 1.29 is 14.3 Å². The number of rotatable bonds is 4. The minimum Gasteiger partial charge on any atom is -0.480 e. The molecule has 6 nitrogen and oxygen atoms in total. The number of hydrogen-bond donors (Lipinski definition) is 1. The lowest BCUT2D eigenvalue weighted by atomic mass is 9.92. The summed E-state index contributed by atoms with van der Waals surface area (Å²) >= 11 is 0. The third kappa shape index (κ3) is 4.58. The van der Waals surface area contributed by atoms with Crippen LogP contribution in [0.15, 0.2) is 24.3 Å². The number of amides is 2. The van der Waals surface area contributed by atoms with Crippen LogP contribution in [0.5, 0.6) is 5.75 Å². The van der Waals surface area contributed by atoms with Crippen LogP contribution in [0, 0.1) is 5.92 Å². The second kappa shape index (κ2) is 8.74. The molecule has 0 aliphatic carbocycles. The number of likely N-dealkylation sites (tertiary alicyclic amines) is 2. The smallest absolute Gasteiger partial charge is 0.263 e. The van der Waals surface area contributed by atoms with Gasteiger partial charge in [-0.1, -0.05) is 18.2 Å². The van der Waals surface area contributed by atoms with Crippen LogP contribution in [0.2, 0.25) is 0 Å². The zero-order valence-electron chi connectivity index (χ0n) is 17.6. The van der Waals surface area contributed by atoms with E-state index in [2.05, 4.69) is 10.2 Å². The maximum Gasteiger partial charge on any atom is 0.263 e. The summed E-state index contributed by atoms with van der Waals surface area (Å²) in [5.74, 6) is 1.34. The quantitative estimate of drug-likeness (QED) is 0.843. The molecule has 4 rings (SSSR count). The van der Waals surface area contributed by atoms with Crippen LogP contribution in [0.25, 0.3) is 0 Å². The van der Waals surface area contributed by atoms with Gasteiger partial charge in [-0.3, -0.25) is 9.59 Å². The maximum atomic E-state index is 12.9. The van der Waals surface area contributed by atoms with E-state index in [1.54, 1.807) is 0 Å². The van der Waals surface area contributed by atoms with Gasteiger partial charge in [-0.15, -0.1) is 0 Å². The molecular weight excluding hydrogens is 366 g/mol. The van der Waals surface area contributed by atoms with Crippen molar-refractivity contribution in [2.24, 2.45) is 5.92 Å². The highest BCUT2D eigenvalue weighted by Gasteiger charge is 2.36. The Bertz CT molecular complexity index is 710. The Morgan fingerprint density at radius 2 is 1.72 bits per heavy atom. The van der Waals surface area contributed by atoms with Crippen molar-refractivity contribution in [3.05, 3.63) is 29.8 Å². The van der Waals surface area contributed by atoms with E-state index in [-0.39, 0.29) is 29.9 Å². The van der Waals surface area contributed by atoms with Gasteiger partial charge in [-0.05, 0) is 64.3 Å². The number of carbonyl (C=O) groups is 2. The van der Waals surface area contributed by atoms with E-state index in [0.717, 1.165) is 63.2 Å². The zero-order valence-corrected chi connectivity index (χ0v) is 17.6. The van der Waals surface area contributed by atoms with Crippen LogP contribution in [0.1, 0.15) is 45.1 Å². The van der Waals surface area contributed by atoms with Crippen LogP contribution in [0.4, 0.5) is 0 Å². The molecule has 2 saturated heterocycles. The molecule has 1 aromatic rings. The fourth-order valence-corrected chi connectivity index (χ4v) is 4.90. The van der Waals surface area contributed by atoms with Crippen LogP contribution in [-0.2, 0) is 16.0 Å². The molecule has 1 unspecified atom stereocenters. The Balaban J connectivity index is 1.22. The van der Waals surface area contributed by atoms with Crippen molar-refractivity contribution >= 4 is 11.8 Å². The minimum atomic E-state index is -0.362. The molecule has 0 bridgehead atoms. The molecule has 3 aliphatic heterocycles. The highest BCUT2D eigenvalue weighted by Crippen LogP contribution is 2.30. The molecule has 2 fully saturated rings. The number of piperidine rings is 2. The standard InChI is InChI=1S/C23H33N3O3/c1-16(2)24-22(27)17-7-11-25(12-8-17)19-9-13-26(14-10-19)23(28)21-15-18-5-3-4-6-20(18)29-21/h3-6,16-17,19,21H,7-15H2,1-2H3,(H,24,27). The maximum absolute atomic E-state index is 12.9. The predicted molar refractivity (Wildman–Crippen MR) is 112 cm³/mol. The first-order valence-electron chi connectivity index (χ1n) is 11.1. The average molecular weight is 400 g/mol. The number of nitrogens with one attached hydrogen (secondary N) is 1. The average Bonchev–Trinajstić information content (AvgIpc) is 3.17. The van der Waals surface area contributed by atoms with E-state index < -0.39 is 0 Å².